The average molecular weight is 357 g/mol. The van der Waals surface area contributed by atoms with E-state index in [-0.39, 0.29) is 5.91 Å². The van der Waals surface area contributed by atoms with Crippen LogP contribution < -0.4 is 10.1 Å². The molecule has 6 nitrogen and oxygen atoms in total. The third kappa shape index (κ3) is 3.97. The van der Waals surface area contributed by atoms with E-state index in [0.29, 0.717) is 22.9 Å². The molecule has 0 aliphatic carbocycles. The van der Waals surface area contributed by atoms with Crippen LogP contribution in [0.25, 0.3) is 5.69 Å². The number of benzene rings is 1. The minimum atomic E-state index is -0.675. The van der Waals surface area contributed by atoms with E-state index in [1.165, 1.54) is 0 Å². The van der Waals surface area contributed by atoms with Gasteiger partial charge in [-0.05, 0) is 30.7 Å². The lowest BCUT2D eigenvalue weighted by molar-refractivity contribution is -0.122. The van der Waals surface area contributed by atoms with Gasteiger partial charge >= 0.3 is 0 Å². The maximum atomic E-state index is 12.6. The second-order valence-corrected chi connectivity index (χ2v) is 5.69. The van der Waals surface area contributed by atoms with Crippen molar-refractivity contribution in [3.63, 3.8) is 0 Å². The molecule has 0 bridgehead atoms. The fourth-order valence-electron chi connectivity index (χ4n) is 2.32. The van der Waals surface area contributed by atoms with Crippen LogP contribution in [-0.4, -0.2) is 26.8 Å². The summed E-state index contributed by atoms with van der Waals surface area (Å²) in [4.78, 5) is 16.7. The predicted molar refractivity (Wildman–Crippen MR) is 96.1 cm³/mol. The lowest BCUT2D eigenvalue weighted by atomic mass is 10.2. The van der Waals surface area contributed by atoms with Gasteiger partial charge in [0.2, 0.25) is 0 Å². The number of amides is 1. The Bertz CT molecular complexity index is 852. The Morgan fingerprint density at radius 1 is 1.28 bits per heavy atom. The van der Waals surface area contributed by atoms with Gasteiger partial charge < -0.3 is 10.1 Å². The van der Waals surface area contributed by atoms with Crippen molar-refractivity contribution in [1.29, 1.82) is 0 Å². The SMILES string of the molecule is CC[C@@H](Oc1ccccc1Cl)C(=O)Nc1cnccc1-n1cccn1. The van der Waals surface area contributed by atoms with Crippen LogP contribution in [0, 0.1) is 0 Å². The van der Waals surface area contributed by atoms with Gasteiger partial charge in [-0.2, -0.15) is 5.10 Å². The van der Waals surface area contributed by atoms with E-state index in [1.807, 2.05) is 19.1 Å². The number of hydrogen-bond donors (Lipinski definition) is 1. The summed E-state index contributed by atoms with van der Waals surface area (Å²) in [7, 11) is 0. The van der Waals surface area contributed by atoms with Gasteiger partial charge in [-0.25, -0.2) is 4.68 Å². The van der Waals surface area contributed by atoms with Gasteiger partial charge in [0.15, 0.2) is 6.10 Å². The van der Waals surface area contributed by atoms with Crippen molar-refractivity contribution in [3.05, 3.63) is 66.2 Å². The number of para-hydroxylation sites is 1. The van der Waals surface area contributed by atoms with E-state index in [0.717, 1.165) is 5.69 Å². The van der Waals surface area contributed by atoms with Crippen molar-refractivity contribution in [2.45, 2.75) is 19.4 Å². The Kier molecular flexibility index (Phi) is 5.30. The van der Waals surface area contributed by atoms with Crippen molar-refractivity contribution >= 4 is 23.2 Å². The highest BCUT2D eigenvalue weighted by Gasteiger charge is 2.21. The molecule has 0 aliphatic heterocycles. The maximum absolute atomic E-state index is 12.6. The third-order valence-electron chi connectivity index (χ3n) is 3.58. The molecule has 2 aromatic heterocycles. The number of nitrogens with zero attached hydrogens (tertiary/aromatic N) is 3. The third-order valence-corrected chi connectivity index (χ3v) is 3.89. The summed E-state index contributed by atoms with van der Waals surface area (Å²) in [6.45, 7) is 1.87. The van der Waals surface area contributed by atoms with Crippen LogP contribution in [0.2, 0.25) is 5.02 Å². The number of nitrogens with one attached hydrogen (secondary N) is 1. The average Bonchev–Trinajstić information content (AvgIpc) is 3.16. The standard InChI is InChI=1S/C18H17ClN4O2/c1-2-16(25-17-7-4-3-6-13(17)19)18(24)22-14-12-20-10-8-15(14)23-11-5-9-21-23/h3-12,16H,2H2,1H3,(H,22,24)/t16-/m1/s1. The molecule has 1 atom stereocenters. The summed E-state index contributed by atoms with van der Waals surface area (Å²) >= 11 is 6.10. The van der Waals surface area contributed by atoms with E-state index in [1.54, 1.807) is 53.7 Å². The largest absolute Gasteiger partial charge is 0.479 e. The van der Waals surface area contributed by atoms with Crippen molar-refractivity contribution in [1.82, 2.24) is 14.8 Å². The van der Waals surface area contributed by atoms with Crippen molar-refractivity contribution in [2.75, 3.05) is 5.32 Å². The molecule has 0 unspecified atom stereocenters. The van der Waals surface area contributed by atoms with Crippen LogP contribution in [0.4, 0.5) is 5.69 Å². The summed E-state index contributed by atoms with van der Waals surface area (Å²) in [6.07, 6.45) is 6.50. The fourth-order valence-corrected chi connectivity index (χ4v) is 2.50. The molecule has 3 rings (SSSR count). The fraction of sp³-hybridized carbons (Fsp3) is 0.167. The molecular weight excluding hydrogens is 340 g/mol. The Labute approximate surface area is 150 Å². The molecule has 0 aliphatic rings. The Morgan fingerprint density at radius 3 is 2.84 bits per heavy atom. The van der Waals surface area contributed by atoms with Crippen LogP contribution >= 0.6 is 11.6 Å². The number of aromatic nitrogens is 3. The molecule has 0 saturated carbocycles. The molecule has 25 heavy (non-hydrogen) atoms. The highest BCUT2D eigenvalue weighted by atomic mass is 35.5. The van der Waals surface area contributed by atoms with Gasteiger partial charge in [0.05, 0.1) is 22.6 Å². The summed E-state index contributed by atoms with van der Waals surface area (Å²) in [6, 6.07) is 10.7. The Balaban J connectivity index is 1.78. The van der Waals surface area contributed by atoms with E-state index in [4.69, 9.17) is 16.3 Å². The first kappa shape index (κ1) is 17.0. The quantitative estimate of drug-likeness (QED) is 0.730. The highest BCUT2D eigenvalue weighted by Crippen LogP contribution is 2.25. The normalized spacial score (nSPS) is 11.8. The number of anilines is 1. The number of hydrogen-bond acceptors (Lipinski definition) is 4. The van der Waals surface area contributed by atoms with Crippen LogP contribution in [0.3, 0.4) is 0 Å². The van der Waals surface area contributed by atoms with E-state index >= 15 is 0 Å². The number of ether oxygens (including phenoxy) is 1. The summed E-state index contributed by atoms with van der Waals surface area (Å²) in [5, 5.41) is 7.51. The first-order valence-corrected chi connectivity index (χ1v) is 8.23. The van der Waals surface area contributed by atoms with E-state index in [2.05, 4.69) is 15.4 Å². The molecule has 0 fully saturated rings. The van der Waals surface area contributed by atoms with Gasteiger partial charge in [-0.15, -0.1) is 0 Å². The molecule has 0 spiro atoms. The van der Waals surface area contributed by atoms with Gasteiger partial charge in [0.25, 0.3) is 5.91 Å². The zero-order valence-corrected chi connectivity index (χ0v) is 14.3. The van der Waals surface area contributed by atoms with E-state index < -0.39 is 6.10 Å². The summed E-state index contributed by atoms with van der Waals surface area (Å²) in [5.74, 6) is 0.202. The van der Waals surface area contributed by atoms with Gasteiger partial charge in [0.1, 0.15) is 5.75 Å². The Hall–Kier alpha value is -2.86. The number of halogens is 1. The number of pyridine rings is 1. The van der Waals surface area contributed by atoms with Crippen molar-refractivity contribution < 1.29 is 9.53 Å². The number of carbonyl (C=O) groups excluding carboxylic acids is 1. The first-order valence-electron chi connectivity index (χ1n) is 7.85. The zero-order valence-electron chi connectivity index (χ0n) is 13.6. The molecule has 2 heterocycles. The van der Waals surface area contributed by atoms with Gasteiger partial charge in [-0.3, -0.25) is 9.78 Å². The molecule has 7 heteroatoms. The minimum Gasteiger partial charge on any atom is -0.479 e. The second-order valence-electron chi connectivity index (χ2n) is 5.28. The molecule has 0 saturated heterocycles. The van der Waals surface area contributed by atoms with Crippen LogP contribution in [0.1, 0.15) is 13.3 Å². The number of carbonyl (C=O) groups is 1. The molecule has 1 N–H and O–H groups in total. The summed E-state index contributed by atoms with van der Waals surface area (Å²) < 4.78 is 7.43. The maximum Gasteiger partial charge on any atom is 0.265 e. The van der Waals surface area contributed by atoms with Gasteiger partial charge in [-0.1, -0.05) is 30.7 Å². The molecular formula is C18H17ClN4O2. The zero-order chi connectivity index (χ0) is 17.6. The van der Waals surface area contributed by atoms with Crippen LogP contribution in [0.5, 0.6) is 5.75 Å². The molecule has 1 amide bonds. The smallest absolute Gasteiger partial charge is 0.265 e. The monoisotopic (exact) mass is 356 g/mol. The predicted octanol–water partition coefficient (Wildman–Crippen LogP) is 3.72. The van der Waals surface area contributed by atoms with Crippen molar-refractivity contribution in [2.24, 2.45) is 0 Å². The van der Waals surface area contributed by atoms with E-state index in [9.17, 15) is 4.79 Å². The van der Waals surface area contributed by atoms with Crippen LogP contribution in [0.15, 0.2) is 61.2 Å². The lowest BCUT2D eigenvalue weighted by Gasteiger charge is -2.19. The lowest BCUT2D eigenvalue weighted by Crippen LogP contribution is -2.32. The number of rotatable bonds is 6. The molecule has 1 aromatic carbocycles. The topological polar surface area (TPSA) is 69.0 Å². The molecule has 0 radical (unpaired) electrons. The van der Waals surface area contributed by atoms with Crippen molar-refractivity contribution in [3.8, 4) is 11.4 Å². The Morgan fingerprint density at radius 2 is 2.12 bits per heavy atom. The summed E-state index contributed by atoms with van der Waals surface area (Å²) in [5.41, 5.74) is 1.28. The minimum absolute atomic E-state index is 0.274. The molecule has 128 valence electrons. The molecule has 3 aromatic rings. The highest BCUT2D eigenvalue weighted by molar-refractivity contribution is 6.32. The van der Waals surface area contributed by atoms with Crippen LogP contribution in [-0.2, 0) is 4.79 Å². The first-order chi connectivity index (χ1) is 12.2. The second kappa shape index (κ2) is 7.81. The van der Waals surface area contributed by atoms with Gasteiger partial charge in [0, 0.05) is 18.6 Å².